The molecule has 1 aromatic heterocycles. The van der Waals surface area contributed by atoms with Crippen molar-refractivity contribution in [1.82, 2.24) is 14.8 Å². The van der Waals surface area contributed by atoms with E-state index in [1.165, 1.54) is 12.1 Å². The van der Waals surface area contributed by atoms with Gasteiger partial charge in [-0.3, -0.25) is 0 Å². The molecule has 186 valence electrons. The van der Waals surface area contributed by atoms with Crippen molar-refractivity contribution in [3.63, 3.8) is 0 Å². The summed E-state index contributed by atoms with van der Waals surface area (Å²) in [6.07, 6.45) is 1.11. The third-order valence-corrected chi connectivity index (χ3v) is 6.92. The SMILES string of the molecule is CC(C)(C)OC(O)N1CCC2C1C(c1c[nH]c3cc(F)ccc13)CN2C(=O)OCc1ccccc1. The molecule has 4 unspecified atom stereocenters. The minimum atomic E-state index is -1.10. The number of aliphatic hydroxyl groups is 1. The van der Waals surface area contributed by atoms with Crippen LogP contribution in [0.25, 0.3) is 10.9 Å². The van der Waals surface area contributed by atoms with Crippen LogP contribution in [0.5, 0.6) is 0 Å². The number of ether oxygens (including phenoxy) is 2. The van der Waals surface area contributed by atoms with Crippen molar-refractivity contribution >= 4 is 17.0 Å². The molecule has 0 radical (unpaired) electrons. The second-order valence-electron chi connectivity index (χ2n) is 10.4. The smallest absolute Gasteiger partial charge is 0.410 e. The first-order valence-corrected chi connectivity index (χ1v) is 12.1. The highest BCUT2D eigenvalue weighted by Gasteiger charge is 2.53. The van der Waals surface area contributed by atoms with Gasteiger partial charge in [-0.25, -0.2) is 14.1 Å². The third kappa shape index (κ3) is 4.78. The van der Waals surface area contributed by atoms with Crippen molar-refractivity contribution < 1.29 is 23.8 Å². The molecule has 2 aliphatic rings. The number of hydrogen-bond acceptors (Lipinski definition) is 5. The maximum absolute atomic E-state index is 13.8. The number of rotatable bonds is 5. The van der Waals surface area contributed by atoms with Gasteiger partial charge in [0.2, 0.25) is 6.41 Å². The molecule has 0 bridgehead atoms. The fourth-order valence-electron chi connectivity index (χ4n) is 5.48. The zero-order valence-electron chi connectivity index (χ0n) is 20.3. The van der Waals surface area contributed by atoms with Gasteiger partial charge >= 0.3 is 6.09 Å². The molecular formula is C27H32FN3O4. The first-order chi connectivity index (χ1) is 16.7. The quantitative estimate of drug-likeness (QED) is 0.522. The number of aromatic nitrogens is 1. The molecule has 0 saturated carbocycles. The summed E-state index contributed by atoms with van der Waals surface area (Å²) >= 11 is 0. The average Bonchev–Trinajstić information content (AvgIpc) is 3.50. The standard InChI is InChI=1S/C27H32FN3O4/c1-27(2,3)35-26(33)30-12-11-23-24(30)21(20-14-29-22-13-18(28)9-10-19(20)22)15-31(23)25(32)34-16-17-7-5-4-6-8-17/h4-10,13-14,21,23-24,26,29,33H,11-12,15-16H2,1-3H3. The number of benzene rings is 2. The van der Waals surface area contributed by atoms with Gasteiger partial charge in [0.05, 0.1) is 11.6 Å². The van der Waals surface area contributed by atoms with Crippen LogP contribution in [-0.4, -0.2) is 63.2 Å². The monoisotopic (exact) mass is 481 g/mol. The van der Waals surface area contributed by atoms with Crippen LogP contribution in [0.15, 0.2) is 54.7 Å². The highest BCUT2D eigenvalue weighted by molar-refractivity contribution is 5.84. The number of amides is 1. The number of hydrogen-bond donors (Lipinski definition) is 2. The van der Waals surface area contributed by atoms with E-state index in [9.17, 15) is 14.3 Å². The van der Waals surface area contributed by atoms with Crippen LogP contribution in [0.3, 0.4) is 0 Å². The van der Waals surface area contributed by atoms with Crippen molar-refractivity contribution in [3.8, 4) is 0 Å². The van der Waals surface area contributed by atoms with E-state index >= 15 is 0 Å². The van der Waals surface area contributed by atoms with Crippen molar-refractivity contribution in [2.24, 2.45) is 0 Å². The molecule has 0 aliphatic carbocycles. The number of halogens is 1. The lowest BCUT2D eigenvalue weighted by Gasteiger charge is -2.35. The van der Waals surface area contributed by atoms with E-state index < -0.39 is 12.0 Å². The van der Waals surface area contributed by atoms with E-state index in [4.69, 9.17) is 9.47 Å². The Morgan fingerprint density at radius 3 is 2.74 bits per heavy atom. The number of H-pyrrole nitrogens is 1. The van der Waals surface area contributed by atoms with E-state index in [2.05, 4.69) is 4.98 Å². The molecule has 3 heterocycles. The summed E-state index contributed by atoms with van der Waals surface area (Å²) in [5.74, 6) is -0.415. The molecule has 0 spiro atoms. The lowest BCUT2D eigenvalue weighted by Crippen LogP contribution is -2.48. The number of carbonyl (C=O) groups is 1. The van der Waals surface area contributed by atoms with Crippen LogP contribution in [0.1, 0.15) is 44.2 Å². The Labute approximate surface area is 204 Å². The number of fused-ring (bicyclic) bond motifs is 2. The van der Waals surface area contributed by atoms with Gasteiger partial charge in [-0.1, -0.05) is 30.3 Å². The number of nitrogens with zero attached hydrogens (tertiary/aromatic N) is 2. The van der Waals surface area contributed by atoms with E-state index in [0.717, 1.165) is 16.5 Å². The zero-order chi connectivity index (χ0) is 24.7. The van der Waals surface area contributed by atoms with Gasteiger partial charge in [0.15, 0.2) is 0 Å². The van der Waals surface area contributed by atoms with Gasteiger partial charge in [-0.2, -0.15) is 0 Å². The summed E-state index contributed by atoms with van der Waals surface area (Å²) in [6.45, 7) is 6.92. The van der Waals surface area contributed by atoms with Crippen LogP contribution in [-0.2, 0) is 16.1 Å². The van der Waals surface area contributed by atoms with Crippen molar-refractivity contribution in [2.45, 2.75) is 63.8 Å². The van der Waals surface area contributed by atoms with Gasteiger partial charge in [0, 0.05) is 42.1 Å². The Morgan fingerprint density at radius 1 is 1.23 bits per heavy atom. The van der Waals surface area contributed by atoms with Crippen molar-refractivity contribution in [2.75, 3.05) is 13.1 Å². The van der Waals surface area contributed by atoms with Gasteiger partial charge in [-0.05, 0) is 56.5 Å². The minimum Gasteiger partial charge on any atom is -0.445 e. The maximum Gasteiger partial charge on any atom is 0.410 e. The minimum absolute atomic E-state index is 0.107. The first kappa shape index (κ1) is 23.8. The summed E-state index contributed by atoms with van der Waals surface area (Å²) in [4.78, 5) is 20.1. The number of aliphatic hydroxyl groups excluding tert-OH is 1. The zero-order valence-corrected chi connectivity index (χ0v) is 20.3. The molecular weight excluding hydrogens is 449 g/mol. The highest BCUT2D eigenvalue weighted by Crippen LogP contribution is 2.44. The topological polar surface area (TPSA) is 78.0 Å². The summed E-state index contributed by atoms with van der Waals surface area (Å²) < 4.78 is 25.4. The van der Waals surface area contributed by atoms with Crippen molar-refractivity contribution in [3.05, 3.63) is 71.7 Å². The summed E-state index contributed by atoms with van der Waals surface area (Å²) in [7, 11) is 0. The summed E-state index contributed by atoms with van der Waals surface area (Å²) in [5, 5.41) is 11.9. The predicted molar refractivity (Wildman–Crippen MR) is 130 cm³/mol. The molecule has 8 heteroatoms. The molecule has 2 aromatic carbocycles. The van der Waals surface area contributed by atoms with Gasteiger partial charge in [-0.15, -0.1) is 0 Å². The predicted octanol–water partition coefficient (Wildman–Crippen LogP) is 4.58. The fraction of sp³-hybridized carbons (Fsp3) is 0.444. The lowest BCUT2D eigenvalue weighted by atomic mass is 9.91. The molecule has 7 nitrogen and oxygen atoms in total. The molecule has 35 heavy (non-hydrogen) atoms. The van der Waals surface area contributed by atoms with Crippen LogP contribution < -0.4 is 0 Å². The number of aromatic amines is 1. The van der Waals surface area contributed by atoms with Crippen LogP contribution in [0, 0.1) is 5.82 Å². The van der Waals surface area contributed by atoms with Crippen LogP contribution >= 0.6 is 0 Å². The fourth-order valence-corrected chi connectivity index (χ4v) is 5.48. The lowest BCUT2D eigenvalue weighted by molar-refractivity contribution is -0.243. The number of carbonyl (C=O) groups excluding carboxylic acids is 1. The van der Waals surface area contributed by atoms with Crippen LogP contribution in [0.2, 0.25) is 0 Å². The average molecular weight is 482 g/mol. The first-order valence-electron chi connectivity index (χ1n) is 12.1. The molecule has 2 saturated heterocycles. The van der Waals surface area contributed by atoms with Gasteiger partial charge in [0.25, 0.3) is 0 Å². The normalized spacial score (nSPS) is 23.6. The Bertz CT molecular complexity index is 1190. The van der Waals surface area contributed by atoms with Gasteiger partial charge in [0.1, 0.15) is 12.4 Å². The Kier molecular flexibility index (Phi) is 6.29. The number of nitrogens with one attached hydrogen (secondary N) is 1. The second kappa shape index (κ2) is 9.26. The molecule has 1 amide bonds. The number of likely N-dealkylation sites (tertiary alicyclic amines) is 2. The van der Waals surface area contributed by atoms with Gasteiger partial charge < -0.3 is 24.5 Å². The third-order valence-electron chi connectivity index (χ3n) is 6.92. The molecule has 5 rings (SSSR count). The van der Waals surface area contributed by atoms with Crippen LogP contribution in [0.4, 0.5) is 9.18 Å². The largest absolute Gasteiger partial charge is 0.445 e. The van der Waals surface area contributed by atoms with E-state index in [-0.39, 0.29) is 36.5 Å². The Morgan fingerprint density at radius 2 is 2.00 bits per heavy atom. The Hall–Kier alpha value is -2.94. The molecule has 3 aromatic rings. The Balaban J connectivity index is 1.44. The highest BCUT2D eigenvalue weighted by atomic mass is 19.1. The van der Waals surface area contributed by atoms with E-state index in [1.807, 2.05) is 62.2 Å². The van der Waals surface area contributed by atoms with E-state index in [0.29, 0.717) is 25.0 Å². The summed E-state index contributed by atoms with van der Waals surface area (Å²) in [6, 6.07) is 14.0. The molecule has 2 N–H and O–H groups in total. The van der Waals surface area contributed by atoms with Crippen molar-refractivity contribution in [1.29, 1.82) is 0 Å². The summed E-state index contributed by atoms with van der Waals surface area (Å²) in [5.41, 5.74) is 2.09. The maximum atomic E-state index is 13.8. The van der Waals surface area contributed by atoms with E-state index in [1.54, 1.807) is 11.0 Å². The molecule has 4 atom stereocenters. The molecule has 2 aliphatic heterocycles. The molecule has 2 fully saturated rings. The second-order valence-corrected chi connectivity index (χ2v) is 10.4.